The maximum atomic E-state index is 13.6. The average molecular weight is 469 g/mol. The Kier molecular flexibility index (Phi) is 5.64. The van der Waals surface area contributed by atoms with Crippen molar-refractivity contribution in [2.24, 2.45) is 4.99 Å². The first-order valence-corrected chi connectivity index (χ1v) is 9.04. The number of para-hydroxylation sites is 2. The van der Waals surface area contributed by atoms with Crippen LogP contribution in [-0.4, -0.2) is 27.6 Å². The predicted octanol–water partition coefficient (Wildman–Crippen LogP) is 5.72. The molecule has 0 radical (unpaired) electrons. The van der Waals surface area contributed by atoms with E-state index in [0.29, 0.717) is 5.56 Å². The van der Waals surface area contributed by atoms with Crippen molar-refractivity contribution in [2.45, 2.75) is 22.8 Å². The van der Waals surface area contributed by atoms with Crippen molar-refractivity contribution in [2.75, 3.05) is 0 Å². The van der Waals surface area contributed by atoms with Gasteiger partial charge >= 0.3 is 18.0 Å². The number of benzene rings is 2. The number of rotatable bonds is 3. The van der Waals surface area contributed by atoms with Crippen molar-refractivity contribution in [1.29, 1.82) is 0 Å². The van der Waals surface area contributed by atoms with E-state index in [-0.39, 0.29) is 23.0 Å². The molecule has 154 valence electrons. The van der Waals surface area contributed by atoms with Gasteiger partial charge in [0.15, 0.2) is 17.3 Å². The van der Waals surface area contributed by atoms with Crippen LogP contribution in [0.1, 0.15) is 17.3 Å². The number of alkyl halides is 6. The molecular weight excluding hydrogens is 458 g/mol. The number of fused-ring (bicyclic) bond motifs is 1. The van der Waals surface area contributed by atoms with Crippen molar-refractivity contribution in [1.82, 2.24) is 0 Å². The highest BCUT2D eigenvalue weighted by Gasteiger charge is 2.60. The SMILES string of the molecule is CC(=O)c1ccc(OC(=NC2(C(Cl)(Cl)Cl)Oc3ccccc3O2)C(F)(F)F)cc1. The van der Waals surface area contributed by atoms with E-state index in [9.17, 15) is 18.0 Å². The number of ketones is 1. The smallest absolute Gasteiger partial charge is 0.435 e. The molecule has 0 amide bonds. The summed E-state index contributed by atoms with van der Waals surface area (Å²) in [6.45, 7) is 1.32. The first-order valence-electron chi connectivity index (χ1n) is 7.91. The number of carbonyl (C=O) groups excluding carboxylic acids is 1. The summed E-state index contributed by atoms with van der Waals surface area (Å²) in [5.41, 5.74) is 0.290. The molecule has 1 heterocycles. The molecule has 3 rings (SSSR count). The Bertz CT molecular complexity index is 931. The van der Waals surface area contributed by atoms with E-state index in [4.69, 9.17) is 49.0 Å². The molecule has 2 aromatic carbocycles. The first kappa shape index (κ1) is 21.5. The van der Waals surface area contributed by atoms with Crippen molar-refractivity contribution < 1.29 is 32.2 Å². The third-order valence-corrected chi connectivity index (χ3v) is 4.39. The summed E-state index contributed by atoms with van der Waals surface area (Å²) in [4.78, 5) is 14.7. The minimum Gasteiger partial charge on any atom is -0.435 e. The van der Waals surface area contributed by atoms with E-state index in [2.05, 4.69) is 4.99 Å². The molecule has 0 aliphatic carbocycles. The van der Waals surface area contributed by atoms with Crippen LogP contribution in [0, 0.1) is 0 Å². The molecule has 11 heteroatoms. The summed E-state index contributed by atoms with van der Waals surface area (Å²) in [6, 6.07) is 10.9. The minimum absolute atomic E-state index is 0.0370. The predicted molar refractivity (Wildman–Crippen MR) is 101 cm³/mol. The second-order valence-electron chi connectivity index (χ2n) is 5.83. The van der Waals surface area contributed by atoms with Gasteiger partial charge < -0.3 is 14.2 Å². The first-order chi connectivity index (χ1) is 13.4. The molecule has 5 nitrogen and oxygen atoms in total. The number of Topliss-reactive ketones (excluding diaryl/α,β-unsaturated/α-hetero) is 1. The molecule has 2 aromatic rings. The van der Waals surface area contributed by atoms with E-state index in [1.165, 1.54) is 43.3 Å². The van der Waals surface area contributed by atoms with Gasteiger partial charge in [0.2, 0.25) is 0 Å². The third-order valence-electron chi connectivity index (χ3n) is 3.67. The van der Waals surface area contributed by atoms with Crippen LogP contribution in [0.25, 0.3) is 0 Å². The van der Waals surface area contributed by atoms with Gasteiger partial charge in [-0.2, -0.15) is 18.2 Å². The van der Waals surface area contributed by atoms with Crippen LogP contribution in [0.2, 0.25) is 0 Å². The molecule has 1 aliphatic heterocycles. The summed E-state index contributed by atoms with van der Waals surface area (Å²) in [5.74, 6) is -4.88. The normalized spacial score (nSPS) is 15.9. The Balaban J connectivity index is 2.01. The summed E-state index contributed by atoms with van der Waals surface area (Å²) in [5, 5.41) is 0. The summed E-state index contributed by atoms with van der Waals surface area (Å²) in [7, 11) is 0. The zero-order valence-corrected chi connectivity index (χ0v) is 16.7. The van der Waals surface area contributed by atoms with E-state index in [1.807, 2.05) is 0 Å². The molecule has 29 heavy (non-hydrogen) atoms. The molecule has 0 saturated heterocycles. The highest BCUT2D eigenvalue weighted by Crippen LogP contribution is 2.50. The lowest BCUT2D eigenvalue weighted by Crippen LogP contribution is -2.51. The molecule has 0 atom stereocenters. The molecule has 1 aliphatic rings. The van der Waals surface area contributed by atoms with Gasteiger partial charge in [0.1, 0.15) is 5.75 Å². The van der Waals surface area contributed by atoms with E-state index in [0.717, 1.165) is 0 Å². The maximum absolute atomic E-state index is 13.6. The molecule has 0 saturated carbocycles. The van der Waals surface area contributed by atoms with E-state index < -0.39 is 21.8 Å². The van der Waals surface area contributed by atoms with Crippen molar-refractivity contribution in [3.05, 3.63) is 54.1 Å². The number of halogens is 6. The second-order valence-corrected chi connectivity index (χ2v) is 8.11. The summed E-state index contributed by atoms with van der Waals surface area (Å²) in [6.07, 6.45) is -5.08. The molecule has 0 N–H and O–H groups in total. The average Bonchev–Trinajstić information content (AvgIpc) is 3.00. The van der Waals surface area contributed by atoms with Gasteiger partial charge in [-0.3, -0.25) is 4.79 Å². The highest BCUT2D eigenvalue weighted by molar-refractivity contribution is 6.68. The summed E-state index contributed by atoms with van der Waals surface area (Å²) < 4.78 is 53.8. The maximum Gasteiger partial charge on any atom is 0.468 e. The number of ether oxygens (including phenoxy) is 3. The molecular formula is C18H11Cl3F3NO4. The van der Waals surface area contributed by atoms with Crippen molar-refractivity contribution in [3.63, 3.8) is 0 Å². The second kappa shape index (κ2) is 7.59. The lowest BCUT2D eigenvalue weighted by atomic mass is 10.1. The van der Waals surface area contributed by atoms with Gasteiger partial charge in [-0.1, -0.05) is 46.9 Å². The fraction of sp³-hybridized carbons (Fsp3) is 0.222. The van der Waals surface area contributed by atoms with Crippen LogP contribution >= 0.6 is 34.8 Å². The molecule has 0 bridgehead atoms. The number of carbonyl (C=O) groups is 1. The molecule has 0 unspecified atom stereocenters. The fourth-order valence-electron chi connectivity index (χ4n) is 2.31. The Morgan fingerprint density at radius 3 is 1.93 bits per heavy atom. The third kappa shape index (κ3) is 4.55. The standard InChI is InChI=1S/C18H11Cl3F3NO4/c1-10(26)11-6-8-12(9-7-11)27-15(16(22,23)24)25-18(17(19,20)21)28-13-4-2-3-5-14(13)29-18/h2-9H,1H3. The Morgan fingerprint density at radius 2 is 1.52 bits per heavy atom. The van der Waals surface area contributed by atoms with Crippen molar-refractivity contribution in [3.8, 4) is 17.2 Å². The van der Waals surface area contributed by atoms with Gasteiger partial charge in [0.25, 0.3) is 3.79 Å². The van der Waals surface area contributed by atoms with Gasteiger partial charge in [0, 0.05) is 5.56 Å². The van der Waals surface area contributed by atoms with Gasteiger partial charge in [-0.05, 0) is 43.3 Å². The topological polar surface area (TPSA) is 57.1 Å². The highest BCUT2D eigenvalue weighted by atomic mass is 35.6. The largest absolute Gasteiger partial charge is 0.468 e. The fourth-order valence-corrected chi connectivity index (χ4v) is 2.67. The Morgan fingerprint density at radius 1 is 1.00 bits per heavy atom. The lowest BCUT2D eigenvalue weighted by molar-refractivity contribution is -0.0911. The van der Waals surface area contributed by atoms with Gasteiger partial charge in [0.05, 0.1) is 0 Å². The number of nitrogens with zero attached hydrogens (tertiary/aromatic N) is 1. The number of hydrogen-bond acceptors (Lipinski definition) is 5. The minimum atomic E-state index is -5.08. The van der Waals surface area contributed by atoms with Crippen LogP contribution in [0.4, 0.5) is 13.2 Å². The lowest BCUT2D eigenvalue weighted by Gasteiger charge is -2.30. The Labute approximate surface area is 177 Å². The zero-order chi connectivity index (χ0) is 21.4. The van der Waals surface area contributed by atoms with Crippen molar-refractivity contribution >= 4 is 46.5 Å². The van der Waals surface area contributed by atoms with Crippen LogP contribution in [0.15, 0.2) is 53.5 Å². The van der Waals surface area contributed by atoms with E-state index >= 15 is 0 Å². The van der Waals surface area contributed by atoms with E-state index in [1.54, 1.807) is 12.1 Å². The van der Waals surface area contributed by atoms with Gasteiger partial charge in [-0.25, -0.2) is 0 Å². The monoisotopic (exact) mass is 467 g/mol. The van der Waals surface area contributed by atoms with Gasteiger partial charge in [-0.15, -0.1) is 0 Å². The Hall–Kier alpha value is -2.16. The van der Waals surface area contributed by atoms with Crippen LogP contribution in [-0.2, 0) is 0 Å². The van der Waals surface area contributed by atoms with Crippen LogP contribution in [0.3, 0.4) is 0 Å². The molecule has 0 fully saturated rings. The number of aliphatic imine (C=N–C) groups is 1. The summed E-state index contributed by atoms with van der Waals surface area (Å²) >= 11 is 17.6. The molecule has 0 spiro atoms. The number of hydrogen-bond donors (Lipinski definition) is 0. The molecule has 0 aromatic heterocycles. The zero-order valence-electron chi connectivity index (χ0n) is 14.5. The quantitative estimate of drug-likeness (QED) is 0.250. The van der Waals surface area contributed by atoms with Crippen LogP contribution in [0.5, 0.6) is 17.2 Å². The van der Waals surface area contributed by atoms with Crippen LogP contribution < -0.4 is 14.2 Å².